The minimum absolute atomic E-state index is 0.0664. The maximum absolute atomic E-state index is 12.1. The van der Waals surface area contributed by atoms with Crippen molar-refractivity contribution in [2.24, 2.45) is 0 Å². The number of nitrogens with zero attached hydrogens (tertiary/aromatic N) is 1. The van der Waals surface area contributed by atoms with Gasteiger partial charge in [-0.05, 0) is 20.8 Å². The molecular weight excluding hydrogens is 466 g/mol. The third-order valence-electron chi connectivity index (χ3n) is 4.34. The van der Waals surface area contributed by atoms with Crippen LogP contribution >= 0.6 is 0 Å². The molecule has 1 rings (SSSR count). The van der Waals surface area contributed by atoms with Crippen LogP contribution in [-0.2, 0) is 33.4 Å². The molecule has 1 atom stereocenters. The quantitative estimate of drug-likeness (QED) is 0.165. The zero-order chi connectivity index (χ0) is 26.2. The Morgan fingerprint density at radius 2 is 1.34 bits per heavy atom. The average molecular weight is 500 g/mol. The topological polar surface area (TPSA) is 181 Å². The number of hydrogen-bond acceptors (Lipinski definition) is 9. The van der Waals surface area contributed by atoms with E-state index in [0.717, 1.165) is 17.1 Å². The molecule has 1 heterocycles. The van der Waals surface area contributed by atoms with Gasteiger partial charge < -0.3 is 35.5 Å². The zero-order valence-electron chi connectivity index (χ0n) is 20.1. The number of imide groups is 1. The fourth-order valence-electron chi connectivity index (χ4n) is 2.72. The van der Waals surface area contributed by atoms with Crippen LogP contribution in [0.5, 0.6) is 0 Å². The van der Waals surface area contributed by atoms with Crippen molar-refractivity contribution in [2.45, 2.75) is 45.9 Å². The van der Waals surface area contributed by atoms with Crippen molar-refractivity contribution in [2.75, 3.05) is 39.5 Å². The highest BCUT2D eigenvalue weighted by Gasteiger charge is 2.24. The largest absolute Gasteiger partial charge is 0.447 e. The summed E-state index contributed by atoms with van der Waals surface area (Å²) in [5, 5.41) is 10.0. The Morgan fingerprint density at radius 1 is 0.857 bits per heavy atom. The molecule has 0 aromatic rings. The number of amides is 6. The predicted octanol–water partition coefficient (Wildman–Crippen LogP) is -0.853. The first kappa shape index (κ1) is 29.4. The molecule has 0 radical (unpaired) electrons. The van der Waals surface area contributed by atoms with Crippen molar-refractivity contribution in [3.8, 4) is 0 Å². The maximum atomic E-state index is 12.1. The highest BCUT2D eigenvalue weighted by molar-refractivity contribution is 6.13. The standard InChI is InChI=1S/C21H33N5O9/c1-4-22-20(31)34-12-15(13-35-21(32)23-5-2)33-11-9-17(28)25-14(3)24-16(27)8-10-26-18(29)6-7-19(26)30/h6-7,14-15H,4-5,8-13H2,1-3H3,(H,22,31)(H,23,32)(H,24,27)(H,25,28). The van der Waals surface area contributed by atoms with Crippen LogP contribution in [0.15, 0.2) is 12.2 Å². The van der Waals surface area contributed by atoms with E-state index in [2.05, 4.69) is 21.3 Å². The van der Waals surface area contributed by atoms with Crippen LogP contribution in [0, 0.1) is 0 Å². The molecule has 0 saturated carbocycles. The Morgan fingerprint density at radius 3 is 1.83 bits per heavy atom. The van der Waals surface area contributed by atoms with Crippen LogP contribution in [-0.4, -0.2) is 92.4 Å². The molecule has 196 valence electrons. The van der Waals surface area contributed by atoms with E-state index in [9.17, 15) is 28.8 Å². The third kappa shape index (κ3) is 12.4. The molecular formula is C21H33N5O9. The monoisotopic (exact) mass is 499 g/mol. The van der Waals surface area contributed by atoms with E-state index in [0.29, 0.717) is 13.1 Å². The number of alkyl carbamates (subject to hydrolysis) is 2. The number of carbonyl (C=O) groups excluding carboxylic acids is 6. The van der Waals surface area contributed by atoms with Crippen molar-refractivity contribution >= 4 is 35.8 Å². The molecule has 14 nitrogen and oxygen atoms in total. The second kappa shape index (κ2) is 16.0. The smallest absolute Gasteiger partial charge is 0.407 e. The van der Waals surface area contributed by atoms with Gasteiger partial charge in [0.1, 0.15) is 19.3 Å². The summed E-state index contributed by atoms with van der Waals surface area (Å²) >= 11 is 0. The number of nitrogens with one attached hydrogen (secondary N) is 4. The van der Waals surface area contributed by atoms with Crippen LogP contribution in [0.3, 0.4) is 0 Å². The summed E-state index contributed by atoms with van der Waals surface area (Å²) in [6.07, 6.45) is -0.746. The van der Waals surface area contributed by atoms with Crippen molar-refractivity contribution in [1.82, 2.24) is 26.2 Å². The molecule has 0 aromatic carbocycles. The molecule has 0 saturated heterocycles. The van der Waals surface area contributed by atoms with E-state index in [1.165, 1.54) is 0 Å². The number of carbonyl (C=O) groups is 6. The summed E-state index contributed by atoms with van der Waals surface area (Å²) in [6, 6.07) is 0. The molecule has 1 unspecified atom stereocenters. The van der Waals surface area contributed by atoms with Gasteiger partial charge in [0, 0.05) is 38.2 Å². The van der Waals surface area contributed by atoms with Gasteiger partial charge in [-0.3, -0.25) is 24.1 Å². The summed E-state index contributed by atoms with van der Waals surface area (Å²) in [6.45, 7) is 5.22. The lowest BCUT2D eigenvalue weighted by molar-refractivity contribution is -0.137. The van der Waals surface area contributed by atoms with Crippen molar-refractivity contribution in [1.29, 1.82) is 0 Å². The minimum atomic E-state index is -0.796. The molecule has 35 heavy (non-hydrogen) atoms. The van der Waals surface area contributed by atoms with Gasteiger partial charge >= 0.3 is 12.2 Å². The first-order valence-electron chi connectivity index (χ1n) is 11.2. The lowest BCUT2D eigenvalue weighted by Gasteiger charge is -2.19. The number of rotatable bonds is 15. The lowest BCUT2D eigenvalue weighted by Crippen LogP contribution is -2.47. The first-order valence-corrected chi connectivity index (χ1v) is 11.2. The molecule has 0 fully saturated rings. The van der Waals surface area contributed by atoms with E-state index < -0.39 is 48.1 Å². The molecule has 6 amide bonds. The Hall–Kier alpha value is -3.68. The van der Waals surface area contributed by atoms with Gasteiger partial charge in [-0.1, -0.05) is 0 Å². The zero-order valence-corrected chi connectivity index (χ0v) is 20.1. The Labute approximate surface area is 203 Å². The Balaban J connectivity index is 2.35. The highest BCUT2D eigenvalue weighted by Crippen LogP contribution is 2.04. The average Bonchev–Trinajstić information content (AvgIpc) is 3.11. The third-order valence-corrected chi connectivity index (χ3v) is 4.34. The second-order valence-corrected chi connectivity index (χ2v) is 7.27. The van der Waals surface area contributed by atoms with Crippen molar-refractivity contribution in [3.05, 3.63) is 12.2 Å². The fourth-order valence-corrected chi connectivity index (χ4v) is 2.72. The first-order chi connectivity index (χ1) is 16.7. The van der Waals surface area contributed by atoms with Gasteiger partial charge in [-0.15, -0.1) is 0 Å². The minimum Gasteiger partial charge on any atom is -0.447 e. The van der Waals surface area contributed by atoms with Crippen LogP contribution in [0.25, 0.3) is 0 Å². The predicted molar refractivity (Wildman–Crippen MR) is 121 cm³/mol. The molecule has 1 aliphatic heterocycles. The Bertz CT molecular complexity index is 762. The molecule has 0 aliphatic carbocycles. The molecule has 1 aliphatic rings. The van der Waals surface area contributed by atoms with E-state index in [1.54, 1.807) is 20.8 Å². The van der Waals surface area contributed by atoms with Gasteiger partial charge in [-0.2, -0.15) is 0 Å². The molecule has 14 heteroatoms. The second-order valence-electron chi connectivity index (χ2n) is 7.27. The van der Waals surface area contributed by atoms with Gasteiger partial charge in [0.2, 0.25) is 11.8 Å². The molecule has 0 spiro atoms. The van der Waals surface area contributed by atoms with Crippen LogP contribution in [0.1, 0.15) is 33.6 Å². The van der Waals surface area contributed by atoms with E-state index >= 15 is 0 Å². The van der Waals surface area contributed by atoms with Gasteiger partial charge in [-0.25, -0.2) is 9.59 Å². The van der Waals surface area contributed by atoms with Crippen molar-refractivity contribution < 1.29 is 43.0 Å². The van der Waals surface area contributed by atoms with Gasteiger partial charge in [0.25, 0.3) is 11.8 Å². The van der Waals surface area contributed by atoms with Crippen LogP contribution in [0.2, 0.25) is 0 Å². The molecule has 0 aromatic heterocycles. The van der Waals surface area contributed by atoms with Crippen LogP contribution in [0.4, 0.5) is 9.59 Å². The molecule has 0 bridgehead atoms. The van der Waals surface area contributed by atoms with Gasteiger partial charge in [0.15, 0.2) is 0 Å². The van der Waals surface area contributed by atoms with Crippen molar-refractivity contribution in [3.63, 3.8) is 0 Å². The lowest BCUT2D eigenvalue weighted by atomic mass is 10.3. The maximum Gasteiger partial charge on any atom is 0.407 e. The van der Waals surface area contributed by atoms with E-state index in [-0.39, 0.29) is 39.2 Å². The van der Waals surface area contributed by atoms with E-state index in [4.69, 9.17) is 14.2 Å². The summed E-state index contributed by atoms with van der Waals surface area (Å²) in [7, 11) is 0. The summed E-state index contributed by atoms with van der Waals surface area (Å²) < 4.78 is 15.5. The SMILES string of the molecule is CCNC(=O)OCC(COC(=O)NCC)OCCC(=O)NC(C)NC(=O)CCN1C(=O)C=CC1=O. The Kier molecular flexibility index (Phi) is 13.4. The summed E-state index contributed by atoms with van der Waals surface area (Å²) in [5.74, 6) is -1.84. The van der Waals surface area contributed by atoms with E-state index in [1.807, 2.05) is 0 Å². The summed E-state index contributed by atoms with van der Waals surface area (Å²) in [5.41, 5.74) is 0. The molecule has 4 N–H and O–H groups in total. The van der Waals surface area contributed by atoms with Crippen LogP contribution < -0.4 is 21.3 Å². The number of ether oxygens (including phenoxy) is 3. The highest BCUT2D eigenvalue weighted by atomic mass is 16.6. The number of hydrogen-bond donors (Lipinski definition) is 4. The normalized spacial score (nSPS) is 13.4. The summed E-state index contributed by atoms with van der Waals surface area (Å²) in [4.78, 5) is 71.0. The fraction of sp³-hybridized carbons (Fsp3) is 0.619. The van der Waals surface area contributed by atoms with Gasteiger partial charge in [0.05, 0.1) is 19.2 Å².